The van der Waals surface area contributed by atoms with Crippen molar-refractivity contribution in [2.45, 2.75) is 18.3 Å². The number of anilines is 1. The number of ether oxygens (including phenoxy) is 1. The maximum Gasteiger partial charge on any atom is 0.247 e. The molecule has 4 rings (SSSR count). The first-order valence-electron chi connectivity index (χ1n) is 8.29. The average Bonchev–Trinajstić information content (AvgIpc) is 2.84. The fourth-order valence-corrected chi connectivity index (χ4v) is 3.75. The maximum absolute atomic E-state index is 12.7. The lowest BCUT2D eigenvalue weighted by Crippen LogP contribution is -2.36. The van der Waals surface area contributed by atoms with E-state index >= 15 is 0 Å². The number of carbonyl (C=O) groups excluding carboxylic acids is 1. The second-order valence-corrected chi connectivity index (χ2v) is 7.53. The van der Waals surface area contributed by atoms with Crippen LogP contribution in [0.4, 0.5) is 5.69 Å². The number of para-hydroxylation sites is 1. The number of fused-ring (bicyclic) bond motifs is 3. The summed E-state index contributed by atoms with van der Waals surface area (Å²) in [6, 6.07) is 12.6. The van der Waals surface area contributed by atoms with Crippen molar-refractivity contribution in [3.05, 3.63) is 58.1 Å². The van der Waals surface area contributed by atoms with E-state index in [0.717, 1.165) is 0 Å². The molecular formula is C19H14Cl2N4O2S. The van der Waals surface area contributed by atoms with E-state index in [0.29, 0.717) is 37.7 Å². The van der Waals surface area contributed by atoms with Crippen LogP contribution < -0.4 is 9.64 Å². The lowest BCUT2D eigenvalue weighted by Gasteiger charge is -2.30. The highest BCUT2D eigenvalue weighted by molar-refractivity contribution is 7.98. The van der Waals surface area contributed by atoms with E-state index in [1.54, 1.807) is 18.2 Å². The number of aromatic nitrogens is 3. The second-order valence-electron chi connectivity index (χ2n) is 5.97. The van der Waals surface area contributed by atoms with E-state index < -0.39 is 6.23 Å². The Labute approximate surface area is 175 Å². The largest absolute Gasteiger partial charge is 0.447 e. The Balaban J connectivity index is 2.01. The number of halogens is 2. The van der Waals surface area contributed by atoms with Crippen LogP contribution in [0, 0.1) is 0 Å². The second kappa shape index (κ2) is 7.58. The molecule has 0 bridgehead atoms. The number of thioether (sulfide) groups is 1. The molecule has 2 aromatic carbocycles. The maximum atomic E-state index is 12.7. The van der Waals surface area contributed by atoms with E-state index in [2.05, 4.69) is 15.2 Å². The van der Waals surface area contributed by atoms with Crippen molar-refractivity contribution in [2.24, 2.45) is 0 Å². The van der Waals surface area contributed by atoms with Crippen LogP contribution in [0.3, 0.4) is 0 Å². The minimum atomic E-state index is -0.863. The molecule has 2 heterocycles. The van der Waals surface area contributed by atoms with Gasteiger partial charge >= 0.3 is 0 Å². The molecule has 1 amide bonds. The molecule has 6 nitrogen and oxygen atoms in total. The summed E-state index contributed by atoms with van der Waals surface area (Å²) >= 11 is 14.0. The number of amides is 1. The van der Waals surface area contributed by atoms with Crippen molar-refractivity contribution in [3.8, 4) is 17.1 Å². The molecule has 142 valence electrons. The number of hydrogen-bond acceptors (Lipinski definition) is 6. The van der Waals surface area contributed by atoms with Crippen molar-refractivity contribution in [1.82, 2.24) is 15.2 Å². The van der Waals surface area contributed by atoms with E-state index in [-0.39, 0.29) is 11.8 Å². The molecule has 0 radical (unpaired) electrons. The molecule has 0 fully saturated rings. The molecule has 0 saturated carbocycles. The van der Waals surface area contributed by atoms with Crippen LogP contribution in [0.2, 0.25) is 10.0 Å². The first-order chi connectivity index (χ1) is 13.5. The molecule has 9 heteroatoms. The summed E-state index contributed by atoms with van der Waals surface area (Å²) in [6.45, 7) is 1.47. The summed E-state index contributed by atoms with van der Waals surface area (Å²) in [4.78, 5) is 18.7. The van der Waals surface area contributed by atoms with Crippen molar-refractivity contribution in [1.29, 1.82) is 0 Å². The Morgan fingerprint density at radius 3 is 2.68 bits per heavy atom. The van der Waals surface area contributed by atoms with Crippen molar-refractivity contribution >= 4 is 46.6 Å². The molecule has 1 aliphatic heterocycles. The van der Waals surface area contributed by atoms with Gasteiger partial charge < -0.3 is 4.74 Å². The average molecular weight is 433 g/mol. The molecule has 0 N–H and O–H groups in total. The van der Waals surface area contributed by atoms with Crippen LogP contribution in [0.1, 0.15) is 18.7 Å². The zero-order valence-electron chi connectivity index (χ0n) is 14.9. The Morgan fingerprint density at radius 1 is 1.14 bits per heavy atom. The lowest BCUT2D eigenvalue weighted by atomic mass is 10.1. The topological polar surface area (TPSA) is 68.2 Å². The van der Waals surface area contributed by atoms with E-state index in [1.807, 2.05) is 30.5 Å². The molecule has 1 atom stereocenters. The normalized spacial score (nSPS) is 15.3. The van der Waals surface area contributed by atoms with Gasteiger partial charge in [-0.25, -0.2) is 0 Å². The highest BCUT2D eigenvalue weighted by atomic mass is 35.5. The first-order valence-corrected chi connectivity index (χ1v) is 10.3. The van der Waals surface area contributed by atoms with Crippen LogP contribution >= 0.6 is 35.0 Å². The van der Waals surface area contributed by atoms with Crippen molar-refractivity contribution in [2.75, 3.05) is 11.2 Å². The van der Waals surface area contributed by atoms with E-state index in [9.17, 15) is 4.79 Å². The Kier molecular flexibility index (Phi) is 5.14. The molecule has 1 aromatic heterocycles. The SMILES string of the molecule is CSc1nnc2c(n1)O[C@@H](c1cccc(Cl)c1Cl)N(C(C)=O)c1ccccc1-2. The van der Waals surface area contributed by atoms with Crippen LogP contribution in [0.25, 0.3) is 11.3 Å². The first kappa shape index (κ1) is 19.0. The highest BCUT2D eigenvalue weighted by Crippen LogP contribution is 2.45. The smallest absolute Gasteiger partial charge is 0.247 e. The predicted octanol–water partition coefficient (Wildman–Crippen LogP) is 5.01. The third-order valence-corrected chi connectivity index (χ3v) is 5.65. The third kappa shape index (κ3) is 3.19. The molecule has 28 heavy (non-hydrogen) atoms. The minimum absolute atomic E-state index is 0.223. The van der Waals surface area contributed by atoms with E-state index in [1.165, 1.54) is 23.6 Å². The van der Waals surface area contributed by atoms with Gasteiger partial charge in [-0.15, -0.1) is 10.2 Å². The number of nitrogens with zero attached hydrogens (tertiary/aromatic N) is 4. The van der Waals surface area contributed by atoms with Gasteiger partial charge in [-0.3, -0.25) is 9.69 Å². The van der Waals surface area contributed by atoms with Crippen LogP contribution in [-0.2, 0) is 4.79 Å². The standard InChI is InChI=1S/C19H14Cl2N4O2S/c1-10(26)25-14-9-4-3-6-11(14)16-17(22-19(28-2)24-23-16)27-18(25)12-7-5-8-13(20)15(12)21/h3-9,18H,1-2H3/t18-/m0/s1. The summed E-state index contributed by atoms with van der Waals surface area (Å²) < 4.78 is 6.21. The summed E-state index contributed by atoms with van der Waals surface area (Å²) in [7, 11) is 0. The number of carbonyl (C=O) groups is 1. The van der Waals surface area contributed by atoms with Crippen LogP contribution in [0.5, 0.6) is 5.88 Å². The Morgan fingerprint density at radius 2 is 1.93 bits per heavy atom. The summed E-state index contributed by atoms with van der Waals surface area (Å²) in [6.07, 6.45) is 0.985. The highest BCUT2D eigenvalue weighted by Gasteiger charge is 2.35. The van der Waals surface area contributed by atoms with Gasteiger partial charge in [0.15, 0.2) is 5.69 Å². The molecule has 0 unspecified atom stereocenters. The fourth-order valence-electron chi connectivity index (χ4n) is 3.05. The van der Waals surface area contributed by atoms with Gasteiger partial charge in [-0.2, -0.15) is 4.98 Å². The quantitative estimate of drug-likeness (QED) is 0.530. The van der Waals surface area contributed by atoms with E-state index in [4.69, 9.17) is 27.9 Å². The molecule has 3 aromatic rings. The van der Waals surface area contributed by atoms with Gasteiger partial charge in [0.2, 0.25) is 23.2 Å². The molecule has 1 aliphatic rings. The molecule has 0 aliphatic carbocycles. The van der Waals surface area contributed by atoms with Gasteiger partial charge in [0.1, 0.15) is 0 Å². The van der Waals surface area contributed by atoms with Crippen molar-refractivity contribution < 1.29 is 9.53 Å². The molecule has 0 saturated heterocycles. The van der Waals surface area contributed by atoms with Crippen LogP contribution in [0.15, 0.2) is 47.6 Å². The van der Waals surface area contributed by atoms with Crippen LogP contribution in [-0.4, -0.2) is 27.3 Å². The van der Waals surface area contributed by atoms with Gasteiger partial charge in [0.05, 0.1) is 15.7 Å². The molecular weight excluding hydrogens is 419 g/mol. The monoisotopic (exact) mass is 432 g/mol. The van der Waals surface area contributed by atoms with Gasteiger partial charge in [-0.1, -0.05) is 65.3 Å². The third-order valence-electron chi connectivity index (χ3n) is 4.28. The molecule has 0 spiro atoms. The summed E-state index contributed by atoms with van der Waals surface area (Å²) in [5, 5.41) is 9.56. The number of hydrogen-bond donors (Lipinski definition) is 0. The number of benzene rings is 2. The zero-order chi connectivity index (χ0) is 19.8. The Hall–Kier alpha value is -2.35. The Bertz CT molecular complexity index is 1080. The summed E-state index contributed by atoms with van der Waals surface area (Å²) in [5.41, 5.74) is 2.33. The minimum Gasteiger partial charge on any atom is -0.447 e. The summed E-state index contributed by atoms with van der Waals surface area (Å²) in [5.74, 6) is 0.0518. The van der Waals surface area contributed by atoms with Gasteiger partial charge in [-0.05, 0) is 18.4 Å². The predicted molar refractivity (Wildman–Crippen MR) is 110 cm³/mol. The van der Waals surface area contributed by atoms with Gasteiger partial charge in [0, 0.05) is 18.1 Å². The van der Waals surface area contributed by atoms with Gasteiger partial charge in [0.25, 0.3) is 0 Å². The number of rotatable bonds is 2. The fraction of sp³-hybridized carbons (Fsp3) is 0.158. The zero-order valence-corrected chi connectivity index (χ0v) is 17.2. The lowest BCUT2D eigenvalue weighted by molar-refractivity contribution is -0.118. The van der Waals surface area contributed by atoms with Crippen molar-refractivity contribution in [3.63, 3.8) is 0 Å².